The minimum absolute atomic E-state index is 0.0205. The summed E-state index contributed by atoms with van der Waals surface area (Å²) >= 11 is 3.58. The number of halogens is 2. The van der Waals surface area contributed by atoms with Crippen LogP contribution >= 0.6 is 15.9 Å². The molecule has 0 atom stereocenters. The summed E-state index contributed by atoms with van der Waals surface area (Å²) in [6, 6.07) is 6.90. The Balaban J connectivity index is 1.85. The number of anilines is 2. The molecule has 7 heteroatoms. The van der Waals surface area contributed by atoms with Crippen LogP contribution in [0.1, 0.15) is 44.7 Å². The molecule has 1 fully saturated rings. The van der Waals surface area contributed by atoms with Crippen molar-refractivity contribution >= 4 is 27.4 Å². The molecule has 1 aromatic carbocycles. The summed E-state index contributed by atoms with van der Waals surface area (Å²) in [5.41, 5.74) is 9.47. The fourth-order valence-corrected chi connectivity index (χ4v) is 4.14. The van der Waals surface area contributed by atoms with Crippen LogP contribution in [-0.4, -0.2) is 30.7 Å². The lowest BCUT2D eigenvalue weighted by Crippen LogP contribution is -2.45. The van der Waals surface area contributed by atoms with E-state index in [0.717, 1.165) is 48.3 Å². The molecule has 0 radical (unpaired) electrons. The predicted octanol–water partition coefficient (Wildman–Crippen LogP) is 5.02. The fourth-order valence-electron chi connectivity index (χ4n) is 3.61. The summed E-state index contributed by atoms with van der Waals surface area (Å²) in [4.78, 5) is 7.03. The van der Waals surface area contributed by atoms with E-state index in [1.54, 1.807) is 6.07 Å². The van der Waals surface area contributed by atoms with Crippen molar-refractivity contribution in [3.05, 3.63) is 39.6 Å². The highest BCUT2D eigenvalue weighted by molar-refractivity contribution is 9.10. The maximum atomic E-state index is 14.2. The fraction of sp³-hybridized carbons (Fsp3) is 0.478. The van der Waals surface area contributed by atoms with Crippen molar-refractivity contribution in [2.45, 2.75) is 46.6 Å². The number of aromatic nitrogens is 1. The van der Waals surface area contributed by atoms with Crippen LogP contribution in [0.5, 0.6) is 0 Å². The zero-order valence-corrected chi connectivity index (χ0v) is 19.6. The van der Waals surface area contributed by atoms with Crippen LogP contribution in [0.2, 0.25) is 0 Å². The molecule has 30 heavy (non-hydrogen) atoms. The Morgan fingerprint density at radius 3 is 2.57 bits per heavy atom. The van der Waals surface area contributed by atoms with E-state index in [4.69, 9.17) is 16.0 Å². The van der Waals surface area contributed by atoms with E-state index in [1.807, 2.05) is 13.0 Å². The lowest BCUT2D eigenvalue weighted by atomic mass is 9.95. The topological polar surface area (TPSA) is 78.0 Å². The average molecular weight is 474 g/mol. The molecule has 5 nitrogen and oxygen atoms in total. The Morgan fingerprint density at radius 1 is 1.33 bits per heavy atom. The first-order valence-corrected chi connectivity index (χ1v) is 11.0. The largest absolute Gasteiger partial charge is 0.395 e. The van der Waals surface area contributed by atoms with E-state index in [-0.39, 0.29) is 11.0 Å². The van der Waals surface area contributed by atoms with E-state index >= 15 is 0 Å². The van der Waals surface area contributed by atoms with Gasteiger partial charge in [-0.1, -0.05) is 26.8 Å². The standard InChI is InChI=1S/C23H29BrFN5/c1-14-19(24)21(15-5-6-16(12-26)18(25)11-15)29-22(20(14)27)30-9-7-17(8-10-30)28-13-23(2,3)4/h5-6,11,17,28H,7-10,13,27H2,1-4H3. The van der Waals surface area contributed by atoms with E-state index in [9.17, 15) is 4.39 Å². The number of hydrogen-bond donors (Lipinski definition) is 2. The van der Waals surface area contributed by atoms with Crippen molar-refractivity contribution in [2.24, 2.45) is 5.41 Å². The first-order chi connectivity index (χ1) is 14.1. The van der Waals surface area contributed by atoms with Gasteiger partial charge in [0, 0.05) is 35.7 Å². The van der Waals surface area contributed by atoms with Crippen molar-refractivity contribution in [3.8, 4) is 17.3 Å². The summed E-state index contributed by atoms with van der Waals surface area (Å²) in [6.45, 7) is 11.4. The van der Waals surface area contributed by atoms with Gasteiger partial charge < -0.3 is 16.0 Å². The first-order valence-electron chi connectivity index (χ1n) is 10.2. The number of piperidine rings is 1. The number of nitrogen functional groups attached to an aromatic ring is 1. The van der Waals surface area contributed by atoms with Crippen molar-refractivity contribution in [1.82, 2.24) is 10.3 Å². The molecule has 0 aliphatic carbocycles. The van der Waals surface area contributed by atoms with Gasteiger partial charge in [0.2, 0.25) is 0 Å². The Labute approximate surface area is 186 Å². The van der Waals surface area contributed by atoms with Crippen LogP contribution in [0.15, 0.2) is 22.7 Å². The van der Waals surface area contributed by atoms with Crippen molar-refractivity contribution < 1.29 is 4.39 Å². The van der Waals surface area contributed by atoms with Gasteiger partial charge in [0.1, 0.15) is 11.9 Å². The number of hydrogen-bond acceptors (Lipinski definition) is 5. The van der Waals surface area contributed by atoms with Crippen molar-refractivity contribution in [1.29, 1.82) is 5.26 Å². The van der Waals surface area contributed by atoms with Gasteiger partial charge in [-0.3, -0.25) is 0 Å². The van der Waals surface area contributed by atoms with Crippen LogP contribution in [0.25, 0.3) is 11.3 Å². The van der Waals surface area contributed by atoms with Crippen molar-refractivity contribution in [2.75, 3.05) is 30.3 Å². The third-order valence-electron chi connectivity index (χ3n) is 5.48. The molecule has 0 bridgehead atoms. The summed E-state index contributed by atoms with van der Waals surface area (Å²) in [5.74, 6) is 0.190. The van der Waals surface area contributed by atoms with E-state index in [1.165, 1.54) is 12.1 Å². The van der Waals surface area contributed by atoms with Gasteiger partial charge in [0.25, 0.3) is 0 Å². The number of nitriles is 1. The molecule has 0 unspecified atom stereocenters. The molecule has 0 amide bonds. The molecule has 1 saturated heterocycles. The second-order valence-corrected chi connectivity index (χ2v) is 9.94. The summed E-state index contributed by atoms with van der Waals surface area (Å²) in [6.07, 6.45) is 2.04. The summed E-state index contributed by atoms with van der Waals surface area (Å²) in [7, 11) is 0. The molecule has 0 saturated carbocycles. The monoisotopic (exact) mass is 473 g/mol. The molecule has 1 aromatic heterocycles. The highest BCUT2D eigenvalue weighted by atomic mass is 79.9. The second-order valence-electron chi connectivity index (χ2n) is 9.15. The highest BCUT2D eigenvalue weighted by Crippen LogP contribution is 2.38. The lowest BCUT2D eigenvalue weighted by molar-refractivity contribution is 0.324. The Bertz CT molecular complexity index is 969. The minimum atomic E-state index is -0.550. The van der Waals surface area contributed by atoms with Crippen LogP contribution < -0.4 is 16.0 Å². The zero-order chi connectivity index (χ0) is 22.1. The maximum absolute atomic E-state index is 14.2. The molecular weight excluding hydrogens is 445 g/mol. The van der Waals surface area contributed by atoms with Gasteiger partial charge in [-0.15, -0.1) is 0 Å². The number of rotatable bonds is 4. The lowest BCUT2D eigenvalue weighted by Gasteiger charge is -2.35. The SMILES string of the molecule is Cc1c(N)c(N2CCC(NCC(C)(C)C)CC2)nc(-c2ccc(C#N)c(F)c2)c1Br. The number of nitrogens with one attached hydrogen (secondary N) is 1. The van der Waals surface area contributed by atoms with Crippen LogP contribution in [0.4, 0.5) is 15.9 Å². The van der Waals surface area contributed by atoms with E-state index in [2.05, 4.69) is 46.9 Å². The third kappa shape index (κ3) is 4.93. The Kier molecular flexibility index (Phi) is 6.68. The first kappa shape index (κ1) is 22.5. The van der Waals surface area contributed by atoms with Gasteiger partial charge in [-0.2, -0.15) is 5.26 Å². The normalized spacial score (nSPS) is 15.3. The quantitative estimate of drug-likeness (QED) is 0.651. The van der Waals surface area contributed by atoms with Gasteiger partial charge in [0.05, 0.1) is 16.9 Å². The molecule has 1 aliphatic rings. The molecule has 3 rings (SSSR count). The predicted molar refractivity (Wildman–Crippen MR) is 124 cm³/mol. The summed E-state index contributed by atoms with van der Waals surface area (Å²) < 4.78 is 14.9. The number of nitrogens with zero attached hydrogens (tertiary/aromatic N) is 3. The number of benzene rings is 1. The molecular formula is C23H29BrFN5. The number of pyridine rings is 1. The Hall–Kier alpha value is -2.17. The van der Waals surface area contributed by atoms with Gasteiger partial charge >= 0.3 is 0 Å². The van der Waals surface area contributed by atoms with Crippen LogP contribution in [0, 0.1) is 29.5 Å². The molecule has 2 aromatic rings. The van der Waals surface area contributed by atoms with E-state index < -0.39 is 5.82 Å². The average Bonchev–Trinajstić information content (AvgIpc) is 2.71. The van der Waals surface area contributed by atoms with Gasteiger partial charge in [-0.25, -0.2) is 9.37 Å². The number of nitrogens with two attached hydrogens (primary N) is 1. The highest BCUT2D eigenvalue weighted by Gasteiger charge is 2.25. The third-order valence-corrected chi connectivity index (χ3v) is 6.45. The Morgan fingerprint density at radius 2 is 2.00 bits per heavy atom. The molecule has 3 N–H and O–H groups in total. The minimum Gasteiger partial charge on any atom is -0.395 e. The molecule has 0 spiro atoms. The molecule has 1 aliphatic heterocycles. The van der Waals surface area contributed by atoms with Crippen LogP contribution in [0.3, 0.4) is 0 Å². The summed E-state index contributed by atoms with van der Waals surface area (Å²) in [5, 5.41) is 12.7. The smallest absolute Gasteiger partial charge is 0.152 e. The second kappa shape index (κ2) is 8.91. The molecule has 160 valence electrons. The molecule has 2 heterocycles. The van der Waals surface area contributed by atoms with E-state index in [0.29, 0.717) is 23.0 Å². The van der Waals surface area contributed by atoms with Crippen LogP contribution in [-0.2, 0) is 0 Å². The van der Waals surface area contributed by atoms with Crippen molar-refractivity contribution in [3.63, 3.8) is 0 Å². The van der Waals surface area contributed by atoms with Gasteiger partial charge in [0.15, 0.2) is 5.82 Å². The maximum Gasteiger partial charge on any atom is 0.152 e. The zero-order valence-electron chi connectivity index (χ0n) is 18.0. The van der Waals surface area contributed by atoms with Gasteiger partial charge in [-0.05, 0) is 58.8 Å².